The number of thiophene rings is 2. The topological polar surface area (TPSA) is 65.2 Å². The van der Waals surface area contributed by atoms with E-state index < -0.39 is 5.97 Å². The van der Waals surface area contributed by atoms with E-state index in [0.717, 1.165) is 20.7 Å². The predicted octanol–water partition coefficient (Wildman–Crippen LogP) is 3.39. The molecule has 3 aromatic rings. The van der Waals surface area contributed by atoms with Crippen LogP contribution in [0.3, 0.4) is 0 Å². The van der Waals surface area contributed by atoms with Crippen LogP contribution in [-0.2, 0) is 4.74 Å². The Kier molecular flexibility index (Phi) is 2.96. The molecule has 0 aliphatic carbocycles. The summed E-state index contributed by atoms with van der Waals surface area (Å²) < 4.78 is 4.67. The van der Waals surface area contributed by atoms with Crippen molar-refractivity contribution in [1.29, 1.82) is 0 Å². The van der Waals surface area contributed by atoms with Gasteiger partial charge in [-0.25, -0.2) is 9.78 Å². The zero-order valence-electron chi connectivity index (χ0n) is 10.0. The molecule has 4 nitrogen and oxygen atoms in total. The summed E-state index contributed by atoms with van der Waals surface area (Å²) in [5.41, 5.74) is 7.91. The first-order valence-corrected chi connectivity index (χ1v) is 7.26. The molecule has 3 rings (SSSR count). The molecule has 0 fully saturated rings. The van der Waals surface area contributed by atoms with Crippen molar-refractivity contribution in [2.45, 2.75) is 0 Å². The van der Waals surface area contributed by atoms with Crippen LogP contribution in [0.5, 0.6) is 0 Å². The number of ether oxygens (including phenoxy) is 1. The number of anilines is 1. The smallest absolute Gasteiger partial charge is 0.356 e. The van der Waals surface area contributed by atoms with Crippen LogP contribution >= 0.6 is 22.7 Å². The maximum Gasteiger partial charge on any atom is 0.356 e. The van der Waals surface area contributed by atoms with E-state index in [1.807, 2.05) is 17.5 Å². The van der Waals surface area contributed by atoms with Crippen molar-refractivity contribution >= 4 is 44.5 Å². The number of hydrogen-bond acceptors (Lipinski definition) is 6. The van der Waals surface area contributed by atoms with Crippen molar-refractivity contribution in [3.05, 3.63) is 34.7 Å². The van der Waals surface area contributed by atoms with Crippen LogP contribution in [0.25, 0.3) is 20.7 Å². The molecule has 19 heavy (non-hydrogen) atoms. The van der Waals surface area contributed by atoms with Crippen molar-refractivity contribution in [2.75, 3.05) is 12.8 Å². The minimum Gasteiger partial charge on any atom is -0.464 e. The fourth-order valence-corrected chi connectivity index (χ4v) is 3.59. The molecule has 2 N–H and O–H groups in total. The predicted molar refractivity (Wildman–Crippen MR) is 78.7 cm³/mol. The van der Waals surface area contributed by atoms with Crippen molar-refractivity contribution in [3.63, 3.8) is 0 Å². The molecule has 0 radical (unpaired) electrons. The van der Waals surface area contributed by atoms with E-state index >= 15 is 0 Å². The van der Waals surface area contributed by atoms with E-state index in [-0.39, 0.29) is 5.69 Å². The van der Waals surface area contributed by atoms with Gasteiger partial charge in [-0.15, -0.1) is 11.3 Å². The van der Waals surface area contributed by atoms with E-state index in [0.29, 0.717) is 5.69 Å². The van der Waals surface area contributed by atoms with E-state index in [1.165, 1.54) is 18.4 Å². The molecule has 0 aliphatic rings. The minimum atomic E-state index is -0.473. The summed E-state index contributed by atoms with van der Waals surface area (Å²) in [4.78, 5) is 17.7. The molecule has 0 atom stereocenters. The molecular weight excluding hydrogens is 280 g/mol. The van der Waals surface area contributed by atoms with Crippen molar-refractivity contribution in [2.24, 2.45) is 0 Å². The molecule has 3 heterocycles. The van der Waals surface area contributed by atoms with E-state index in [4.69, 9.17) is 5.73 Å². The van der Waals surface area contributed by atoms with Gasteiger partial charge in [-0.1, -0.05) is 0 Å². The van der Waals surface area contributed by atoms with E-state index in [9.17, 15) is 4.79 Å². The van der Waals surface area contributed by atoms with Crippen LogP contribution in [-0.4, -0.2) is 18.1 Å². The maximum absolute atomic E-state index is 11.5. The summed E-state index contributed by atoms with van der Waals surface area (Å²) in [7, 11) is 1.33. The number of nitrogens with two attached hydrogens (primary N) is 1. The van der Waals surface area contributed by atoms with Crippen LogP contribution in [0.15, 0.2) is 29.0 Å². The molecule has 0 saturated heterocycles. The average Bonchev–Trinajstić information content (AvgIpc) is 3.05. The maximum atomic E-state index is 11.5. The Morgan fingerprint density at radius 1 is 1.42 bits per heavy atom. The molecule has 6 heteroatoms. The van der Waals surface area contributed by atoms with Gasteiger partial charge in [0.05, 0.1) is 7.11 Å². The number of nitrogen functional groups attached to an aromatic ring is 1. The lowest BCUT2D eigenvalue weighted by Crippen LogP contribution is -2.04. The summed E-state index contributed by atoms with van der Waals surface area (Å²) in [6.45, 7) is 0. The van der Waals surface area contributed by atoms with E-state index in [2.05, 4.69) is 15.1 Å². The largest absolute Gasteiger partial charge is 0.464 e. The molecule has 0 bridgehead atoms. The van der Waals surface area contributed by atoms with Gasteiger partial charge in [0.2, 0.25) is 0 Å². The lowest BCUT2D eigenvalue weighted by molar-refractivity contribution is 0.0594. The zero-order chi connectivity index (χ0) is 13.4. The Labute approximate surface area is 117 Å². The third-order valence-corrected chi connectivity index (χ3v) is 4.50. The summed E-state index contributed by atoms with van der Waals surface area (Å²) in [6, 6.07) is 5.61. The first kappa shape index (κ1) is 12.1. The quantitative estimate of drug-likeness (QED) is 0.735. The number of methoxy groups -OCH3 is 1. The second-order valence-corrected chi connectivity index (χ2v) is 5.74. The van der Waals surface area contributed by atoms with Gasteiger partial charge in [-0.3, -0.25) is 0 Å². The summed E-state index contributed by atoms with van der Waals surface area (Å²) in [5.74, 6) is -0.473. The lowest BCUT2D eigenvalue weighted by Gasteiger charge is -2.00. The van der Waals surface area contributed by atoms with Gasteiger partial charge in [0.25, 0.3) is 0 Å². The highest BCUT2D eigenvalue weighted by Crippen LogP contribution is 2.36. The van der Waals surface area contributed by atoms with Crippen molar-refractivity contribution in [3.8, 4) is 10.4 Å². The Bertz CT molecular complexity index is 747. The molecule has 0 aromatic carbocycles. The molecule has 0 spiro atoms. The first-order chi connectivity index (χ1) is 9.19. The molecule has 0 unspecified atom stereocenters. The van der Waals surface area contributed by atoms with Gasteiger partial charge in [0.1, 0.15) is 4.83 Å². The monoisotopic (exact) mass is 290 g/mol. The molecule has 0 saturated carbocycles. The molecule has 0 aliphatic heterocycles. The van der Waals surface area contributed by atoms with Crippen molar-refractivity contribution in [1.82, 2.24) is 4.98 Å². The lowest BCUT2D eigenvalue weighted by atomic mass is 10.2. The number of pyridine rings is 1. The normalized spacial score (nSPS) is 10.8. The fourth-order valence-electron chi connectivity index (χ4n) is 1.79. The average molecular weight is 290 g/mol. The number of carbonyl (C=O) groups excluding carboxylic acids is 1. The molecule has 96 valence electrons. The van der Waals surface area contributed by atoms with Gasteiger partial charge in [-0.05, 0) is 29.0 Å². The number of rotatable bonds is 2. The van der Waals surface area contributed by atoms with Crippen molar-refractivity contribution < 1.29 is 9.53 Å². The van der Waals surface area contributed by atoms with Crippen LogP contribution in [0.1, 0.15) is 10.5 Å². The van der Waals surface area contributed by atoms with Crippen LogP contribution < -0.4 is 5.73 Å². The Balaban J connectivity index is 2.17. The van der Waals surface area contributed by atoms with Crippen LogP contribution in [0, 0.1) is 0 Å². The molecule has 3 aromatic heterocycles. The van der Waals surface area contributed by atoms with E-state index in [1.54, 1.807) is 17.4 Å². The number of hydrogen-bond donors (Lipinski definition) is 1. The van der Waals surface area contributed by atoms with Gasteiger partial charge in [0, 0.05) is 21.5 Å². The second-order valence-electron chi connectivity index (χ2n) is 3.93. The number of nitrogens with zero attached hydrogens (tertiary/aromatic N) is 1. The number of aromatic nitrogens is 1. The van der Waals surface area contributed by atoms with Gasteiger partial charge < -0.3 is 10.5 Å². The van der Waals surface area contributed by atoms with Gasteiger partial charge in [0.15, 0.2) is 5.69 Å². The highest BCUT2D eigenvalue weighted by atomic mass is 32.1. The Morgan fingerprint density at radius 2 is 2.26 bits per heavy atom. The summed E-state index contributed by atoms with van der Waals surface area (Å²) in [6.07, 6.45) is 0. The summed E-state index contributed by atoms with van der Waals surface area (Å²) >= 11 is 3.16. The Hall–Kier alpha value is -1.92. The summed E-state index contributed by atoms with van der Waals surface area (Å²) in [5, 5.41) is 4.97. The highest BCUT2D eigenvalue weighted by Gasteiger charge is 2.14. The highest BCUT2D eigenvalue weighted by molar-refractivity contribution is 7.22. The van der Waals surface area contributed by atoms with Gasteiger partial charge in [-0.2, -0.15) is 11.3 Å². The molecule has 0 amide bonds. The minimum absolute atomic E-state index is 0.242. The third kappa shape index (κ3) is 2.09. The third-order valence-electron chi connectivity index (χ3n) is 2.74. The first-order valence-electron chi connectivity index (χ1n) is 5.50. The number of fused-ring (bicyclic) bond motifs is 1. The van der Waals surface area contributed by atoms with Crippen LogP contribution in [0.4, 0.5) is 5.69 Å². The molecular formula is C13H10N2O2S2. The van der Waals surface area contributed by atoms with Gasteiger partial charge >= 0.3 is 5.97 Å². The number of carbonyl (C=O) groups is 1. The zero-order valence-corrected chi connectivity index (χ0v) is 11.7. The second kappa shape index (κ2) is 4.64. The van der Waals surface area contributed by atoms with Crippen LogP contribution in [0.2, 0.25) is 0 Å². The Morgan fingerprint density at radius 3 is 2.95 bits per heavy atom. The number of esters is 1. The fraction of sp³-hybridized carbons (Fsp3) is 0.0769. The standard InChI is InChI=1S/C13H10N2O2S2/c1-17-13(16)10-5-9(14)8-4-11(19-12(8)15-10)7-2-3-18-6-7/h2-6H,1H3,(H2,14,15). The SMILES string of the molecule is COC(=O)c1cc(N)c2cc(-c3ccsc3)sc2n1.